The van der Waals surface area contributed by atoms with Gasteiger partial charge in [-0.25, -0.2) is 0 Å². The maximum Gasteiger partial charge on any atom is 0.295 e. The molecule has 1 unspecified atom stereocenters. The molecule has 1 aromatic carbocycles. The van der Waals surface area contributed by atoms with Crippen molar-refractivity contribution in [3.8, 4) is 11.5 Å². The molecule has 3 heterocycles. The number of carbonyl (C=O) groups is 2. The number of aliphatic hydroxyl groups excluding tert-OH is 1. The van der Waals surface area contributed by atoms with E-state index in [1.807, 2.05) is 25.1 Å². The normalized spacial score (nSPS) is 19.4. The van der Waals surface area contributed by atoms with Gasteiger partial charge >= 0.3 is 0 Å². The van der Waals surface area contributed by atoms with Gasteiger partial charge in [0.2, 0.25) is 0 Å². The number of Topliss-reactive ketones (excluding diaryl/α,β-unsaturated/α-hetero) is 1. The number of rotatable bonds is 13. The summed E-state index contributed by atoms with van der Waals surface area (Å²) in [4.78, 5) is 34.5. The number of nitrogens with zero attached hydrogens (tertiary/aromatic N) is 3. The summed E-state index contributed by atoms with van der Waals surface area (Å²) in [6, 6.07) is 7.99. The van der Waals surface area contributed by atoms with Crippen LogP contribution >= 0.6 is 0 Å². The fourth-order valence-electron chi connectivity index (χ4n) is 5.03. The Balaban J connectivity index is 1.67. The molecule has 210 valence electrons. The zero-order valence-corrected chi connectivity index (χ0v) is 22.9. The molecule has 9 nitrogen and oxygen atoms in total. The molecule has 0 bridgehead atoms. The van der Waals surface area contributed by atoms with E-state index >= 15 is 0 Å². The number of pyridine rings is 1. The highest BCUT2D eigenvalue weighted by Crippen LogP contribution is 2.42. The van der Waals surface area contributed by atoms with Crippen molar-refractivity contribution in [2.75, 3.05) is 52.6 Å². The molecule has 0 radical (unpaired) electrons. The average molecular weight is 538 g/mol. The van der Waals surface area contributed by atoms with E-state index < -0.39 is 17.7 Å². The van der Waals surface area contributed by atoms with E-state index in [1.54, 1.807) is 29.4 Å². The van der Waals surface area contributed by atoms with Crippen LogP contribution in [0.1, 0.15) is 56.7 Å². The van der Waals surface area contributed by atoms with Gasteiger partial charge in [-0.3, -0.25) is 19.5 Å². The summed E-state index contributed by atoms with van der Waals surface area (Å²) in [6.07, 6.45) is 6.90. The number of carbonyl (C=O) groups excluding carboxylic acids is 2. The SMILES string of the molecule is CCCCCOc1ccc(C2C(=C(O)c3ccncc3)C(=O)C(=O)N2CCCN2CCOCC2)cc1OCC. The molecule has 2 aliphatic rings. The van der Waals surface area contributed by atoms with Gasteiger partial charge in [0.05, 0.1) is 38.0 Å². The number of benzene rings is 1. The van der Waals surface area contributed by atoms with E-state index in [9.17, 15) is 14.7 Å². The quantitative estimate of drug-likeness (QED) is 0.176. The summed E-state index contributed by atoms with van der Waals surface area (Å²) in [6.45, 7) is 9.31. The van der Waals surface area contributed by atoms with Gasteiger partial charge in [0, 0.05) is 44.1 Å². The van der Waals surface area contributed by atoms with E-state index in [0.29, 0.717) is 62.0 Å². The molecule has 9 heteroatoms. The summed E-state index contributed by atoms with van der Waals surface area (Å²) >= 11 is 0. The van der Waals surface area contributed by atoms with Crippen molar-refractivity contribution in [2.45, 2.75) is 45.6 Å². The van der Waals surface area contributed by atoms with Crippen LogP contribution in [0.15, 0.2) is 48.3 Å². The molecule has 1 N–H and O–H groups in total. The molecule has 0 aliphatic carbocycles. The summed E-state index contributed by atoms with van der Waals surface area (Å²) in [7, 11) is 0. The Hall–Kier alpha value is -3.43. The molecule has 2 aromatic rings. The Morgan fingerprint density at radius 2 is 1.77 bits per heavy atom. The van der Waals surface area contributed by atoms with Crippen LogP contribution in [0.2, 0.25) is 0 Å². The zero-order chi connectivity index (χ0) is 27.6. The van der Waals surface area contributed by atoms with Gasteiger partial charge in [-0.1, -0.05) is 25.8 Å². The number of hydrogen-bond acceptors (Lipinski definition) is 8. The number of amides is 1. The van der Waals surface area contributed by atoms with Gasteiger partial charge in [-0.2, -0.15) is 0 Å². The monoisotopic (exact) mass is 537 g/mol. The summed E-state index contributed by atoms with van der Waals surface area (Å²) in [5, 5.41) is 11.3. The summed E-state index contributed by atoms with van der Waals surface area (Å²) in [5.74, 6) is -0.354. The molecule has 4 rings (SSSR count). The fraction of sp³-hybridized carbons (Fsp3) is 0.500. The number of likely N-dealkylation sites (tertiary alicyclic amines) is 1. The number of hydrogen-bond donors (Lipinski definition) is 1. The molecule has 2 fully saturated rings. The summed E-state index contributed by atoms with van der Waals surface area (Å²) in [5.41, 5.74) is 1.18. The maximum atomic E-state index is 13.4. The van der Waals surface area contributed by atoms with Crippen LogP contribution in [0.5, 0.6) is 11.5 Å². The molecule has 39 heavy (non-hydrogen) atoms. The molecule has 0 spiro atoms. The number of aliphatic hydroxyl groups is 1. The number of ether oxygens (including phenoxy) is 3. The maximum absolute atomic E-state index is 13.4. The van der Waals surface area contributed by atoms with Crippen molar-refractivity contribution < 1.29 is 28.9 Å². The van der Waals surface area contributed by atoms with Gasteiger partial charge < -0.3 is 24.2 Å². The van der Waals surface area contributed by atoms with Crippen LogP contribution in [0.3, 0.4) is 0 Å². The van der Waals surface area contributed by atoms with E-state index in [2.05, 4.69) is 16.8 Å². The van der Waals surface area contributed by atoms with Crippen molar-refractivity contribution in [3.63, 3.8) is 0 Å². The lowest BCUT2D eigenvalue weighted by Gasteiger charge is -2.29. The topological polar surface area (TPSA) is 101 Å². The van der Waals surface area contributed by atoms with Crippen molar-refractivity contribution in [2.24, 2.45) is 0 Å². The smallest absolute Gasteiger partial charge is 0.295 e. The van der Waals surface area contributed by atoms with Gasteiger partial charge in [0.25, 0.3) is 11.7 Å². The highest BCUT2D eigenvalue weighted by Gasteiger charge is 2.46. The Bertz CT molecular complexity index is 1150. The van der Waals surface area contributed by atoms with Gasteiger partial charge in [0.15, 0.2) is 11.5 Å². The molecular weight excluding hydrogens is 498 g/mol. The van der Waals surface area contributed by atoms with Crippen LogP contribution in [0, 0.1) is 0 Å². The Labute approximate surface area is 230 Å². The van der Waals surface area contributed by atoms with Gasteiger partial charge in [-0.15, -0.1) is 0 Å². The highest BCUT2D eigenvalue weighted by atomic mass is 16.5. The van der Waals surface area contributed by atoms with Crippen molar-refractivity contribution in [1.82, 2.24) is 14.8 Å². The number of unbranched alkanes of at least 4 members (excludes halogenated alkanes) is 2. The second-order valence-corrected chi connectivity index (χ2v) is 9.73. The van der Waals surface area contributed by atoms with E-state index in [1.165, 1.54) is 0 Å². The third-order valence-corrected chi connectivity index (χ3v) is 7.06. The molecule has 1 amide bonds. The highest BCUT2D eigenvalue weighted by molar-refractivity contribution is 6.46. The lowest BCUT2D eigenvalue weighted by molar-refractivity contribution is -0.140. The Kier molecular flexibility index (Phi) is 10.3. The summed E-state index contributed by atoms with van der Waals surface area (Å²) < 4.78 is 17.3. The largest absolute Gasteiger partial charge is 0.507 e. The Morgan fingerprint density at radius 1 is 1.00 bits per heavy atom. The third-order valence-electron chi connectivity index (χ3n) is 7.06. The average Bonchev–Trinajstić information content (AvgIpc) is 3.22. The minimum atomic E-state index is -0.754. The fourth-order valence-corrected chi connectivity index (χ4v) is 5.03. The minimum Gasteiger partial charge on any atom is -0.507 e. The van der Waals surface area contributed by atoms with Gasteiger partial charge in [0.1, 0.15) is 5.76 Å². The van der Waals surface area contributed by atoms with Crippen LogP contribution in [-0.4, -0.2) is 84.2 Å². The first-order valence-corrected chi connectivity index (χ1v) is 13.9. The predicted molar refractivity (Wildman–Crippen MR) is 148 cm³/mol. The molecule has 1 atom stereocenters. The lowest BCUT2D eigenvalue weighted by Crippen LogP contribution is -2.39. The molecule has 2 saturated heterocycles. The first kappa shape index (κ1) is 28.6. The van der Waals surface area contributed by atoms with Gasteiger partial charge in [-0.05, 0) is 49.6 Å². The van der Waals surface area contributed by atoms with Crippen LogP contribution in [-0.2, 0) is 14.3 Å². The second kappa shape index (κ2) is 14.1. The van der Waals surface area contributed by atoms with E-state index in [-0.39, 0.29) is 11.3 Å². The van der Waals surface area contributed by atoms with Crippen LogP contribution in [0.25, 0.3) is 5.76 Å². The molecule has 1 aromatic heterocycles. The van der Waals surface area contributed by atoms with E-state index in [0.717, 1.165) is 38.9 Å². The first-order chi connectivity index (χ1) is 19.0. The minimum absolute atomic E-state index is 0.0663. The Morgan fingerprint density at radius 3 is 2.49 bits per heavy atom. The van der Waals surface area contributed by atoms with Crippen molar-refractivity contribution in [1.29, 1.82) is 0 Å². The zero-order valence-electron chi connectivity index (χ0n) is 22.9. The third kappa shape index (κ3) is 6.96. The number of aromatic nitrogens is 1. The van der Waals surface area contributed by atoms with Crippen molar-refractivity contribution >= 4 is 17.4 Å². The van der Waals surface area contributed by atoms with Crippen LogP contribution < -0.4 is 9.47 Å². The predicted octanol–water partition coefficient (Wildman–Crippen LogP) is 4.19. The number of ketones is 1. The molecular formula is C30H39N3O6. The first-order valence-electron chi connectivity index (χ1n) is 13.9. The molecule has 0 saturated carbocycles. The lowest BCUT2D eigenvalue weighted by atomic mass is 9.95. The second-order valence-electron chi connectivity index (χ2n) is 9.73. The standard InChI is InChI=1S/C30H39N3O6/c1-3-5-6-18-39-24-9-8-23(21-25(24)38-4-2)27-26(28(34)22-10-12-31-13-11-22)29(35)30(36)33(27)15-7-14-32-16-19-37-20-17-32/h8-13,21,27,34H,3-7,14-20H2,1-2H3. The number of morpholine rings is 1. The van der Waals surface area contributed by atoms with Crippen molar-refractivity contribution in [3.05, 3.63) is 59.4 Å². The molecule has 2 aliphatic heterocycles. The van der Waals surface area contributed by atoms with Crippen LogP contribution in [0.4, 0.5) is 0 Å². The van der Waals surface area contributed by atoms with E-state index in [4.69, 9.17) is 14.2 Å².